The smallest absolute Gasteiger partial charge is 0.126 e. The number of nitrogen functional groups attached to an aromatic ring is 1. The molecule has 4 nitrogen and oxygen atoms in total. The Morgan fingerprint density at radius 3 is 2.47 bits per heavy atom. The van der Waals surface area contributed by atoms with Crippen molar-refractivity contribution in [2.45, 2.75) is 12.5 Å². The zero-order valence-corrected chi connectivity index (χ0v) is 10.1. The first-order valence-corrected chi connectivity index (χ1v) is 5.70. The van der Waals surface area contributed by atoms with Gasteiger partial charge >= 0.3 is 0 Å². The van der Waals surface area contributed by atoms with E-state index in [1.54, 1.807) is 18.5 Å². The lowest BCUT2D eigenvalue weighted by Gasteiger charge is -2.17. The molecule has 0 spiro atoms. The van der Waals surface area contributed by atoms with Crippen LogP contribution in [0.5, 0.6) is 0 Å². The van der Waals surface area contributed by atoms with Crippen molar-refractivity contribution in [3.63, 3.8) is 0 Å². The Morgan fingerprint density at radius 2 is 1.89 bits per heavy atom. The number of nitrogens with one attached hydrogen (secondary N) is 1. The number of hydrazine groups is 1. The Hall–Kier alpha value is -2.05. The van der Waals surface area contributed by atoms with Crippen molar-refractivity contribution in [2.75, 3.05) is 5.73 Å². The molecular weight excluding hydrogens is 250 g/mol. The Labute approximate surface area is 109 Å². The molecule has 6 heteroatoms. The first-order valence-electron chi connectivity index (χ1n) is 5.70. The minimum absolute atomic E-state index is 0.388. The maximum atomic E-state index is 13.2. The van der Waals surface area contributed by atoms with Crippen LogP contribution in [0.1, 0.15) is 17.2 Å². The molecule has 1 aromatic carbocycles. The minimum Gasteiger partial charge on any atom is -0.398 e. The average molecular weight is 264 g/mol. The van der Waals surface area contributed by atoms with E-state index >= 15 is 0 Å². The molecule has 1 atom stereocenters. The first kappa shape index (κ1) is 13.4. The molecule has 0 aliphatic heterocycles. The number of pyridine rings is 1. The highest BCUT2D eigenvalue weighted by Crippen LogP contribution is 2.22. The van der Waals surface area contributed by atoms with E-state index in [1.165, 1.54) is 12.1 Å². The fourth-order valence-electron chi connectivity index (χ4n) is 1.88. The summed E-state index contributed by atoms with van der Waals surface area (Å²) in [5.41, 5.74) is 10.1. The predicted octanol–water partition coefficient (Wildman–Crippen LogP) is 1.69. The van der Waals surface area contributed by atoms with Crippen molar-refractivity contribution in [1.82, 2.24) is 10.4 Å². The molecule has 1 unspecified atom stereocenters. The van der Waals surface area contributed by atoms with Gasteiger partial charge in [0.1, 0.15) is 11.6 Å². The number of hydrogen-bond acceptors (Lipinski definition) is 4. The third-order valence-corrected chi connectivity index (χ3v) is 2.85. The highest BCUT2D eigenvalue weighted by Gasteiger charge is 2.14. The lowest BCUT2D eigenvalue weighted by molar-refractivity contribution is 0.530. The maximum absolute atomic E-state index is 13.2. The Morgan fingerprint density at radius 1 is 1.21 bits per heavy atom. The number of aromatic nitrogens is 1. The number of rotatable bonds is 4. The molecule has 2 rings (SSSR count). The molecule has 0 fully saturated rings. The summed E-state index contributed by atoms with van der Waals surface area (Å²) < 4.78 is 26.4. The van der Waals surface area contributed by atoms with E-state index in [0.717, 1.165) is 11.6 Å². The molecule has 0 saturated carbocycles. The lowest BCUT2D eigenvalue weighted by atomic mass is 9.99. The Bertz CT molecular complexity index is 554. The van der Waals surface area contributed by atoms with Gasteiger partial charge < -0.3 is 5.73 Å². The maximum Gasteiger partial charge on any atom is 0.126 e. The van der Waals surface area contributed by atoms with Gasteiger partial charge in [-0.3, -0.25) is 16.3 Å². The molecule has 0 amide bonds. The summed E-state index contributed by atoms with van der Waals surface area (Å²) in [7, 11) is 0. The molecule has 1 aromatic heterocycles. The van der Waals surface area contributed by atoms with Crippen LogP contribution in [0, 0.1) is 11.6 Å². The van der Waals surface area contributed by atoms with Gasteiger partial charge in [-0.1, -0.05) is 0 Å². The van der Waals surface area contributed by atoms with Crippen LogP contribution in [-0.4, -0.2) is 4.98 Å². The molecule has 2 aromatic rings. The fraction of sp³-hybridized carbons (Fsp3) is 0.154. The van der Waals surface area contributed by atoms with E-state index in [4.69, 9.17) is 11.6 Å². The molecule has 5 N–H and O–H groups in total. The molecule has 0 aliphatic carbocycles. The summed E-state index contributed by atoms with van der Waals surface area (Å²) >= 11 is 0. The zero-order valence-electron chi connectivity index (χ0n) is 10.1. The summed E-state index contributed by atoms with van der Waals surface area (Å²) in [5.74, 6) is 4.16. The summed E-state index contributed by atoms with van der Waals surface area (Å²) in [4.78, 5) is 3.96. The molecule has 0 aliphatic rings. The number of nitrogens with zero attached hydrogens (tertiary/aromatic N) is 1. The number of anilines is 1. The number of hydrogen-bond donors (Lipinski definition) is 3. The van der Waals surface area contributed by atoms with Crippen LogP contribution < -0.4 is 17.0 Å². The lowest BCUT2D eigenvalue weighted by Crippen LogP contribution is -2.30. The molecule has 0 bridgehead atoms. The average Bonchev–Trinajstić information content (AvgIpc) is 2.36. The van der Waals surface area contributed by atoms with Gasteiger partial charge in [0.2, 0.25) is 0 Å². The van der Waals surface area contributed by atoms with Crippen LogP contribution >= 0.6 is 0 Å². The quantitative estimate of drug-likeness (QED) is 0.580. The van der Waals surface area contributed by atoms with Gasteiger partial charge in [-0.05, 0) is 35.7 Å². The van der Waals surface area contributed by atoms with E-state index in [1.807, 2.05) is 0 Å². The second-order valence-corrected chi connectivity index (χ2v) is 4.20. The second-order valence-electron chi connectivity index (χ2n) is 4.20. The minimum atomic E-state index is -0.644. The summed E-state index contributed by atoms with van der Waals surface area (Å²) in [6, 6.07) is 4.50. The van der Waals surface area contributed by atoms with Gasteiger partial charge in [-0.15, -0.1) is 0 Å². The van der Waals surface area contributed by atoms with Crippen LogP contribution in [0.2, 0.25) is 0 Å². The summed E-state index contributed by atoms with van der Waals surface area (Å²) in [6.45, 7) is 0. The van der Waals surface area contributed by atoms with Crippen molar-refractivity contribution in [1.29, 1.82) is 0 Å². The van der Waals surface area contributed by atoms with Crippen LogP contribution in [0.25, 0.3) is 0 Å². The van der Waals surface area contributed by atoms with Crippen molar-refractivity contribution in [2.24, 2.45) is 5.84 Å². The monoisotopic (exact) mass is 264 g/mol. The van der Waals surface area contributed by atoms with Crippen LogP contribution in [0.15, 0.2) is 36.7 Å². The van der Waals surface area contributed by atoms with E-state index in [-0.39, 0.29) is 0 Å². The summed E-state index contributed by atoms with van der Waals surface area (Å²) in [5, 5.41) is 0. The SMILES string of the molecule is NNC(Cc1cnccc1N)c1cc(F)cc(F)c1. The summed E-state index contributed by atoms with van der Waals surface area (Å²) in [6.07, 6.45) is 3.57. The molecule has 19 heavy (non-hydrogen) atoms. The second kappa shape index (κ2) is 5.73. The van der Waals surface area contributed by atoms with Gasteiger partial charge in [0, 0.05) is 24.1 Å². The zero-order chi connectivity index (χ0) is 13.8. The van der Waals surface area contributed by atoms with Gasteiger partial charge in [0.05, 0.1) is 6.04 Å². The third-order valence-electron chi connectivity index (χ3n) is 2.85. The molecule has 0 saturated heterocycles. The van der Waals surface area contributed by atoms with Crippen LogP contribution in [0.4, 0.5) is 14.5 Å². The van der Waals surface area contributed by atoms with Gasteiger partial charge in [0.25, 0.3) is 0 Å². The van der Waals surface area contributed by atoms with Crippen LogP contribution in [0.3, 0.4) is 0 Å². The molecular formula is C13H14F2N4. The molecule has 100 valence electrons. The highest BCUT2D eigenvalue weighted by atomic mass is 19.1. The Kier molecular flexibility index (Phi) is 4.03. The third kappa shape index (κ3) is 3.24. The predicted molar refractivity (Wildman–Crippen MR) is 68.8 cm³/mol. The van der Waals surface area contributed by atoms with E-state index in [9.17, 15) is 8.78 Å². The van der Waals surface area contributed by atoms with Crippen molar-refractivity contribution < 1.29 is 8.78 Å². The Balaban J connectivity index is 2.28. The van der Waals surface area contributed by atoms with Crippen molar-refractivity contribution in [3.05, 3.63) is 59.4 Å². The van der Waals surface area contributed by atoms with Crippen molar-refractivity contribution >= 4 is 5.69 Å². The van der Waals surface area contributed by atoms with Gasteiger partial charge in [-0.25, -0.2) is 8.78 Å². The standard InChI is InChI=1S/C13H14F2N4/c14-10-3-8(4-11(15)6-10)13(19-17)5-9-7-18-2-1-12(9)16/h1-4,6-7,13,19H,5,17H2,(H2,16,18). The van der Waals surface area contributed by atoms with Crippen LogP contribution in [-0.2, 0) is 6.42 Å². The number of nitrogens with two attached hydrogens (primary N) is 2. The van der Waals surface area contributed by atoms with E-state index in [0.29, 0.717) is 17.7 Å². The van der Waals surface area contributed by atoms with Crippen molar-refractivity contribution in [3.8, 4) is 0 Å². The number of benzene rings is 1. The fourth-order valence-corrected chi connectivity index (χ4v) is 1.88. The molecule has 0 radical (unpaired) electrons. The highest BCUT2D eigenvalue weighted by molar-refractivity contribution is 5.45. The first-order chi connectivity index (χ1) is 9.10. The van der Waals surface area contributed by atoms with Gasteiger partial charge in [-0.2, -0.15) is 0 Å². The van der Waals surface area contributed by atoms with E-state index in [2.05, 4.69) is 10.4 Å². The topological polar surface area (TPSA) is 77.0 Å². The number of halogens is 2. The normalized spacial score (nSPS) is 12.4. The largest absolute Gasteiger partial charge is 0.398 e. The van der Waals surface area contributed by atoms with Gasteiger partial charge in [0.15, 0.2) is 0 Å². The van der Waals surface area contributed by atoms with E-state index < -0.39 is 17.7 Å². The molecule has 1 heterocycles.